The van der Waals surface area contributed by atoms with Crippen LogP contribution in [0.2, 0.25) is 0 Å². The lowest BCUT2D eigenvalue weighted by Crippen LogP contribution is -2.46. The third-order valence-corrected chi connectivity index (χ3v) is 5.57. The van der Waals surface area contributed by atoms with E-state index in [-0.39, 0.29) is 0 Å². The molecule has 1 heterocycles. The lowest BCUT2D eigenvalue weighted by molar-refractivity contribution is -0.893. The highest BCUT2D eigenvalue weighted by atomic mass is 16.5. The van der Waals surface area contributed by atoms with Crippen molar-refractivity contribution in [1.82, 2.24) is 0 Å². The molecule has 2 heteroatoms. The van der Waals surface area contributed by atoms with Crippen molar-refractivity contribution in [3.8, 4) is 0 Å². The molecule has 2 rings (SSSR count). The Kier molecular flexibility index (Phi) is 8.98. The Morgan fingerprint density at radius 3 is 2.20 bits per heavy atom. The molecule has 25 heavy (non-hydrogen) atoms. The Morgan fingerprint density at radius 2 is 1.56 bits per heavy atom. The monoisotopic (exact) mass is 346 g/mol. The first kappa shape index (κ1) is 20.5. The zero-order valence-corrected chi connectivity index (χ0v) is 16.9. The maximum atomic E-state index is 5.81. The van der Waals surface area contributed by atoms with Gasteiger partial charge in [0.1, 0.15) is 12.6 Å². The van der Waals surface area contributed by atoms with E-state index in [9.17, 15) is 0 Å². The highest BCUT2D eigenvalue weighted by Crippen LogP contribution is 2.17. The number of hydrogen-bond donors (Lipinski definition) is 0. The van der Waals surface area contributed by atoms with Crippen LogP contribution in [0.15, 0.2) is 24.3 Å². The lowest BCUT2D eigenvalue weighted by atomic mass is 10.0. The second-order valence-corrected chi connectivity index (χ2v) is 8.56. The SMILES string of the molecule is CCCCCCCCc1ccc(CC[N+](C)(C)CC2CCCO2)cc1. The first-order valence-electron chi connectivity index (χ1n) is 10.6. The summed E-state index contributed by atoms with van der Waals surface area (Å²) in [7, 11) is 4.68. The molecule has 0 N–H and O–H groups in total. The van der Waals surface area contributed by atoms with E-state index in [0.717, 1.165) is 24.1 Å². The Hall–Kier alpha value is -0.860. The maximum Gasteiger partial charge on any atom is 0.106 e. The van der Waals surface area contributed by atoms with Crippen LogP contribution in [0, 0.1) is 0 Å². The fraction of sp³-hybridized carbons (Fsp3) is 0.739. The maximum absolute atomic E-state index is 5.81. The van der Waals surface area contributed by atoms with Crippen LogP contribution in [-0.4, -0.2) is 44.4 Å². The number of quaternary nitrogens is 1. The molecule has 0 saturated carbocycles. The molecule has 1 aliphatic rings. The van der Waals surface area contributed by atoms with Gasteiger partial charge < -0.3 is 9.22 Å². The summed E-state index contributed by atoms with van der Waals surface area (Å²) in [6.07, 6.45) is 13.7. The average Bonchev–Trinajstić information content (AvgIpc) is 3.09. The molecule has 1 aliphatic heterocycles. The zero-order valence-electron chi connectivity index (χ0n) is 16.9. The Labute approximate surface area is 156 Å². The number of hydrogen-bond acceptors (Lipinski definition) is 1. The van der Waals surface area contributed by atoms with Gasteiger partial charge in [-0.3, -0.25) is 0 Å². The summed E-state index contributed by atoms with van der Waals surface area (Å²) in [5, 5.41) is 0. The molecule has 1 aromatic rings. The summed E-state index contributed by atoms with van der Waals surface area (Å²) >= 11 is 0. The zero-order chi connectivity index (χ0) is 18.0. The quantitative estimate of drug-likeness (QED) is 0.364. The van der Waals surface area contributed by atoms with Crippen LogP contribution in [0.5, 0.6) is 0 Å². The molecular weight excluding hydrogens is 306 g/mol. The molecule has 0 aromatic heterocycles. The van der Waals surface area contributed by atoms with Crippen molar-refractivity contribution in [2.75, 3.05) is 33.8 Å². The molecule has 1 fully saturated rings. The number of likely N-dealkylation sites (N-methyl/N-ethyl adjacent to an activating group) is 1. The molecule has 0 bridgehead atoms. The van der Waals surface area contributed by atoms with E-state index in [4.69, 9.17) is 4.74 Å². The average molecular weight is 347 g/mol. The van der Waals surface area contributed by atoms with Gasteiger partial charge in [0.25, 0.3) is 0 Å². The van der Waals surface area contributed by atoms with Gasteiger partial charge >= 0.3 is 0 Å². The number of ether oxygens (including phenoxy) is 1. The fourth-order valence-corrected chi connectivity index (χ4v) is 3.84. The van der Waals surface area contributed by atoms with Gasteiger partial charge in [-0.2, -0.15) is 0 Å². The minimum absolute atomic E-state index is 0.481. The molecule has 1 saturated heterocycles. The minimum atomic E-state index is 0.481. The van der Waals surface area contributed by atoms with E-state index in [1.807, 2.05) is 0 Å². The van der Waals surface area contributed by atoms with Crippen molar-refractivity contribution in [3.05, 3.63) is 35.4 Å². The molecule has 142 valence electrons. The third kappa shape index (κ3) is 8.37. The number of aryl methyl sites for hydroxylation is 1. The van der Waals surface area contributed by atoms with Crippen LogP contribution in [-0.2, 0) is 17.6 Å². The standard InChI is InChI=1S/C23H40NO/c1-4-5-6-7-8-9-11-21-13-15-22(16-14-21)17-18-24(2,3)20-23-12-10-19-25-23/h13-16,23H,4-12,17-20H2,1-3H3/q+1. The highest BCUT2D eigenvalue weighted by Gasteiger charge is 2.25. The van der Waals surface area contributed by atoms with Gasteiger partial charge in [-0.15, -0.1) is 0 Å². The molecular formula is C23H40NO+. The molecule has 0 radical (unpaired) electrons. The molecule has 0 aliphatic carbocycles. The smallest absolute Gasteiger partial charge is 0.106 e. The predicted molar refractivity (Wildman–Crippen MR) is 108 cm³/mol. The largest absolute Gasteiger partial charge is 0.372 e. The molecule has 2 nitrogen and oxygen atoms in total. The molecule has 1 atom stereocenters. The van der Waals surface area contributed by atoms with Crippen LogP contribution >= 0.6 is 0 Å². The van der Waals surface area contributed by atoms with Crippen molar-refractivity contribution < 1.29 is 9.22 Å². The first-order chi connectivity index (χ1) is 12.1. The van der Waals surface area contributed by atoms with Gasteiger partial charge in [0.2, 0.25) is 0 Å². The van der Waals surface area contributed by atoms with E-state index in [0.29, 0.717) is 6.10 Å². The van der Waals surface area contributed by atoms with Crippen LogP contribution in [0.4, 0.5) is 0 Å². The van der Waals surface area contributed by atoms with E-state index in [1.165, 1.54) is 75.5 Å². The Morgan fingerprint density at radius 1 is 0.920 bits per heavy atom. The second kappa shape index (κ2) is 11.0. The van der Waals surface area contributed by atoms with Crippen molar-refractivity contribution in [1.29, 1.82) is 0 Å². The second-order valence-electron chi connectivity index (χ2n) is 8.56. The molecule has 1 unspecified atom stereocenters. The minimum Gasteiger partial charge on any atom is -0.372 e. The number of rotatable bonds is 12. The van der Waals surface area contributed by atoms with E-state index in [1.54, 1.807) is 0 Å². The van der Waals surface area contributed by atoms with Gasteiger partial charge in [0.15, 0.2) is 0 Å². The van der Waals surface area contributed by atoms with Crippen molar-refractivity contribution >= 4 is 0 Å². The van der Waals surface area contributed by atoms with Crippen molar-refractivity contribution in [2.45, 2.75) is 77.2 Å². The van der Waals surface area contributed by atoms with Crippen LogP contribution in [0.3, 0.4) is 0 Å². The van der Waals surface area contributed by atoms with E-state index >= 15 is 0 Å². The summed E-state index contributed by atoms with van der Waals surface area (Å²) in [4.78, 5) is 0. The fourth-order valence-electron chi connectivity index (χ4n) is 3.84. The van der Waals surface area contributed by atoms with Crippen LogP contribution < -0.4 is 0 Å². The van der Waals surface area contributed by atoms with E-state index < -0.39 is 0 Å². The van der Waals surface area contributed by atoms with Gasteiger partial charge in [-0.25, -0.2) is 0 Å². The highest BCUT2D eigenvalue weighted by molar-refractivity contribution is 5.22. The van der Waals surface area contributed by atoms with Gasteiger partial charge in [-0.05, 0) is 36.8 Å². The summed E-state index contributed by atoms with van der Waals surface area (Å²) in [6.45, 7) is 5.58. The van der Waals surface area contributed by atoms with Crippen LogP contribution in [0.25, 0.3) is 0 Å². The molecule has 1 aromatic carbocycles. The summed E-state index contributed by atoms with van der Waals surface area (Å²) in [6, 6.07) is 9.39. The predicted octanol–water partition coefficient (Wildman–Crippen LogP) is 5.39. The first-order valence-corrected chi connectivity index (χ1v) is 10.6. The normalized spacial score (nSPS) is 18.0. The van der Waals surface area contributed by atoms with Crippen molar-refractivity contribution in [2.24, 2.45) is 0 Å². The topological polar surface area (TPSA) is 9.23 Å². The number of unbranched alkanes of at least 4 members (excludes halogenated alkanes) is 5. The number of benzene rings is 1. The van der Waals surface area contributed by atoms with Crippen LogP contribution in [0.1, 0.15) is 69.4 Å². The van der Waals surface area contributed by atoms with Gasteiger partial charge in [0.05, 0.1) is 20.6 Å². The Bertz CT molecular complexity index is 459. The number of nitrogens with zero attached hydrogens (tertiary/aromatic N) is 1. The third-order valence-electron chi connectivity index (χ3n) is 5.57. The molecule has 0 amide bonds. The summed E-state index contributed by atoms with van der Waals surface area (Å²) in [5.41, 5.74) is 2.98. The summed E-state index contributed by atoms with van der Waals surface area (Å²) < 4.78 is 6.87. The Balaban J connectivity index is 1.65. The van der Waals surface area contributed by atoms with E-state index in [2.05, 4.69) is 45.3 Å². The summed E-state index contributed by atoms with van der Waals surface area (Å²) in [5.74, 6) is 0. The lowest BCUT2D eigenvalue weighted by Gasteiger charge is -2.32. The van der Waals surface area contributed by atoms with Gasteiger partial charge in [0, 0.05) is 13.0 Å². The molecule has 0 spiro atoms. The van der Waals surface area contributed by atoms with Gasteiger partial charge in [-0.1, -0.05) is 63.3 Å². The van der Waals surface area contributed by atoms with Crippen molar-refractivity contribution in [3.63, 3.8) is 0 Å².